The minimum Gasteiger partial charge on any atom is -0.454 e. The fourth-order valence-electron chi connectivity index (χ4n) is 11.3. The number of anilines is 3. The van der Waals surface area contributed by atoms with E-state index in [4.69, 9.17) is 8.60 Å². The van der Waals surface area contributed by atoms with Crippen LogP contribution in [0.4, 0.5) is 30.2 Å². The van der Waals surface area contributed by atoms with E-state index in [0.717, 1.165) is 48.1 Å². The quantitative estimate of drug-likeness (QED) is 0.123. The smallest absolute Gasteiger partial charge is 0.454 e. The summed E-state index contributed by atoms with van der Waals surface area (Å²) in [5, 5.41) is 5.36. The van der Waals surface area contributed by atoms with Crippen molar-refractivity contribution in [3.8, 4) is 39.1 Å². The van der Waals surface area contributed by atoms with Gasteiger partial charge in [0.2, 0.25) is 0 Å². The second-order valence-electron chi connectivity index (χ2n) is 17.9. The molecule has 5 nitrogen and oxygen atoms in total. The summed E-state index contributed by atoms with van der Waals surface area (Å²) in [6.45, 7) is 0. The number of halogens is 3. The molecule has 0 saturated carbocycles. The molecular weight excluding hydrogens is 920 g/mol. The molecule has 2 aliphatic rings. The van der Waals surface area contributed by atoms with Crippen molar-refractivity contribution in [3.05, 3.63) is 229 Å². The maximum absolute atomic E-state index is 14.1. The van der Waals surface area contributed by atoms with Crippen molar-refractivity contribution < 1.29 is 30.2 Å². The standard InChI is InChI=1S/C60H34F3NO4S2/c61-60(62,63)70(65,66)68-40-33-48-47-31-38(26-28-55(47)67-57(48)54(34-40)64(39-15-2-1-3-16-39)53-23-12-20-44-43-19-8-11-24-56(43)69-58(44)53)37-25-27-51-45(30-37)41-17-6-9-21-49(41)59(51)50-22-10-7-18-42(50)46-29-35-13-4-5-14-36(35)32-52(46)59/h1-34H. The Labute approximate surface area is 403 Å². The van der Waals surface area contributed by atoms with Gasteiger partial charge in [-0.15, -0.1) is 11.3 Å². The third-order valence-electron chi connectivity index (χ3n) is 14.2. The van der Waals surface area contributed by atoms with Gasteiger partial charge in [0.05, 0.1) is 21.5 Å². The molecular formula is C60H34F3NO4S2. The van der Waals surface area contributed by atoms with Gasteiger partial charge >= 0.3 is 15.6 Å². The highest BCUT2D eigenvalue weighted by Crippen LogP contribution is 2.63. The van der Waals surface area contributed by atoms with Crippen molar-refractivity contribution in [1.82, 2.24) is 0 Å². The Morgan fingerprint density at radius 3 is 1.90 bits per heavy atom. The first kappa shape index (κ1) is 40.8. The van der Waals surface area contributed by atoms with E-state index in [-0.39, 0.29) is 0 Å². The highest BCUT2D eigenvalue weighted by Gasteiger charge is 2.52. The summed E-state index contributed by atoms with van der Waals surface area (Å²) >= 11 is 1.59. The number of furan rings is 1. The second kappa shape index (κ2) is 14.7. The van der Waals surface area contributed by atoms with Gasteiger partial charge in [-0.3, -0.25) is 0 Å². The fourth-order valence-corrected chi connectivity index (χ4v) is 13.0. The summed E-state index contributed by atoms with van der Waals surface area (Å²) in [7, 11) is -6.07. The topological polar surface area (TPSA) is 59.8 Å². The highest BCUT2D eigenvalue weighted by molar-refractivity contribution is 7.88. The van der Waals surface area contributed by atoms with Crippen LogP contribution in [0.3, 0.4) is 0 Å². The van der Waals surface area contributed by atoms with Crippen LogP contribution < -0.4 is 9.08 Å². The van der Waals surface area contributed by atoms with Gasteiger partial charge in [-0.1, -0.05) is 140 Å². The monoisotopic (exact) mass is 953 g/mol. The van der Waals surface area contributed by atoms with Gasteiger partial charge < -0.3 is 13.5 Å². The van der Waals surface area contributed by atoms with Crippen LogP contribution in [0.15, 0.2) is 211 Å². The van der Waals surface area contributed by atoms with Crippen molar-refractivity contribution in [2.24, 2.45) is 0 Å². The zero-order valence-corrected chi connectivity index (χ0v) is 38.3. The number of thiophene rings is 1. The molecule has 70 heavy (non-hydrogen) atoms. The Morgan fingerprint density at radius 2 is 1.13 bits per heavy atom. The lowest BCUT2D eigenvalue weighted by atomic mass is 9.70. The molecule has 14 rings (SSSR count). The van der Waals surface area contributed by atoms with E-state index in [9.17, 15) is 21.6 Å². The van der Waals surface area contributed by atoms with Gasteiger partial charge in [0.15, 0.2) is 5.58 Å². The van der Waals surface area contributed by atoms with Gasteiger partial charge in [0, 0.05) is 38.0 Å². The summed E-state index contributed by atoms with van der Waals surface area (Å²) < 4.78 is 81.5. The molecule has 0 fully saturated rings. The van der Waals surface area contributed by atoms with Crippen LogP contribution in [0, 0.1) is 0 Å². The number of benzene rings is 10. The molecule has 0 saturated heterocycles. The Hall–Kier alpha value is -8.18. The molecule has 1 atom stereocenters. The molecule has 2 aromatic heterocycles. The van der Waals surface area contributed by atoms with E-state index >= 15 is 0 Å². The number of hydrogen-bond acceptors (Lipinski definition) is 6. The highest BCUT2D eigenvalue weighted by atomic mass is 32.2. The molecule has 1 unspecified atom stereocenters. The number of rotatable bonds is 6. The molecule has 0 N–H and O–H groups in total. The van der Waals surface area contributed by atoms with Crippen LogP contribution in [0.1, 0.15) is 22.3 Å². The zero-order valence-electron chi connectivity index (χ0n) is 36.7. The summed E-state index contributed by atoms with van der Waals surface area (Å²) in [5.74, 6) is -0.512. The summed E-state index contributed by atoms with van der Waals surface area (Å²) in [4.78, 5) is 1.90. The Kier molecular flexibility index (Phi) is 8.56. The number of nitrogens with zero attached hydrogens (tertiary/aromatic N) is 1. The average molecular weight is 954 g/mol. The summed E-state index contributed by atoms with van der Waals surface area (Å²) in [5.41, 5.74) is 7.55. The molecule has 0 radical (unpaired) electrons. The van der Waals surface area contributed by atoms with Gasteiger partial charge in [0.1, 0.15) is 11.3 Å². The average Bonchev–Trinajstić information content (AvgIpc) is 4.11. The van der Waals surface area contributed by atoms with Crippen molar-refractivity contribution in [2.75, 3.05) is 4.90 Å². The lowest BCUT2D eigenvalue weighted by Crippen LogP contribution is -2.28. The second-order valence-corrected chi connectivity index (χ2v) is 20.5. The van der Waals surface area contributed by atoms with Gasteiger partial charge in [0.25, 0.3) is 0 Å². The third-order valence-corrected chi connectivity index (χ3v) is 16.4. The van der Waals surface area contributed by atoms with Gasteiger partial charge in [-0.05, 0) is 127 Å². The van der Waals surface area contributed by atoms with Crippen LogP contribution in [0.25, 0.3) is 86.3 Å². The molecule has 1 spiro atoms. The number of para-hydroxylation sites is 1. The van der Waals surface area contributed by atoms with E-state index < -0.39 is 26.8 Å². The third kappa shape index (κ3) is 5.74. The van der Waals surface area contributed by atoms with Crippen LogP contribution in [-0.4, -0.2) is 13.9 Å². The Balaban J connectivity index is 0.981. The normalized spacial score (nSPS) is 15.0. The number of alkyl halides is 3. The van der Waals surface area contributed by atoms with E-state index in [1.807, 2.05) is 89.8 Å². The maximum Gasteiger partial charge on any atom is 0.534 e. The number of hydrogen-bond donors (Lipinski definition) is 0. The zero-order chi connectivity index (χ0) is 47.1. The van der Waals surface area contributed by atoms with Gasteiger partial charge in [-0.2, -0.15) is 21.6 Å². The summed E-state index contributed by atoms with van der Waals surface area (Å²) in [6.07, 6.45) is 0. The van der Waals surface area contributed by atoms with Gasteiger partial charge in [-0.25, -0.2) is 0 Å². The molecule has 2 aliphatic carbocycles. The molecule has 10 aromatic carbocycles. The summed E-state index contributed by atoms with van der Waals surface area (Å²) in [6, 6.07) is 68.9. The molecule has 0 amide bonds. The predicted molar refractivity (Wildman–Crippen MR) is 276 cm³/mol. The van der Waals surface area contributed by atoms with E-state index in [1.165, 1.54) is 56.3 Å². The minimum atomic E-state index is -6.07. The van der Waals surface area contributed by atoms with E-state index in [1.54, 1.807) is 11.3 Å². The lowest BCUT2D eigenvalue weighted by molar-refractivity contribution is -0.0500. The van der Waals surface area contributed by atoms with Crippen molar-refractivity contribution in [2.45, 2.75) is 10.9 Å². The lowest BCUT2D eigenvalue weighted by Gasteiger charge is -2.30. The van der Waals surface area contributed by atoms with Crippen LogP contribution in [-0.2, 0) is 15.5 Å². The first-order valence-electron chi connectivity index (χ1n) is 22.7. The first-order chi connectivity index (χ1) is 34.1. The minimum absolute atomic E-state index is 0.295. The van der Waals surface area contributed by atoms with E-state index in [0.29, 0.717) is 33.3 Å². The Bertz CT molecular complexity index is 4310. The van der Waals surface area contributed by atoms with Crippen LogP contribution >= 0.6 is 11.3 Å². The molecule has 10 heteroatoms. The molecule has 0 aliphatic heterocycles. The van der Waals surface area contributed by atoms with E-state index in [2.05, 4.69) is 109 Å². The predicted octanol–water partition coefficient (Wildman–Crippen LogP) is 16.8. The molecule has 0 bridgehead atoms. The first-order valence-corrected chi connectivity index (χ1v) is 24.9. The largest absolute Gasteiger partial charge is 0.534 e. The molecule has 12 aromatic rings. The molecule has 336 valence electrons. The van der Waals surface area contributed by atoms with Crippen LogP contribution in [0.2, 0.25) is 0 Å². The SMILES string of the molecule is O=S(=O)(Oc1cc(N(c2ccccc2)c2cccc3c2sc2ccccc23)c2oc3ccc(-c4ccc5c(c4)-c4ccccc4C54c5ccccc5-c5cc6ccccc6cc54)cc3c2c1)C(F)(F)F. The van der Waals surface area contributed by atoms with Crippen molar-refractivity contribution >= 4 is 91.4 Å². The van der Waals surface area contributed by atoms with Crippen molar-refractivity contribution in [3.63, 3.8) is 0 Å². The number of fused-ring (bicyclic) bond motifs is 17. The Morgan fingerprint density at radius 1 is 0.500 bits per heavy atom. The fraction of sp³-hybridized carbons (Fsp3) is 0.0333. The van der Waals surface area contributed by atoms with Crippen LogP contribution in [0.5, 0.6) is 5.75 Å². The van der Waals surface area contributed by atoms with Crippen molar-refractivity contribution in [1.29, 1.82) is 0 Å². The maximum atomic E-state index is 14.1. The molecule has 2 heterocycles.